The molecule has 0 amide bonds. The molecule has 126 valence electrons. The highest BCUT2D eigenvalue weighted by atomic mass is 32.1. The molecule has 4 heteroatoms. The minimum absolute atomic E-state index is 0.700. The smallest absolute Gasteiger partial charge is 0.123 e. The van der Waals surface area contributed by atoms with Crippen molar-refractivity contribution in [3.05, 3.63) is 87.6 Å². The van der Waals surface area contributed by atoms with Crippen molar-refractivity contribution in [3.63, 3.8) is 0 Å². The highest BCUT2D eigenvalue weighted by molar-refractivity contribution is 7.09. The molecule has 3 nitrogen and oxygen atoms in total. The predicted octanol–water partition coefficient (Wildman–Crippen LogP) is 4.83. The van der Waals surface area contributed by atoms with Gasteiger partial charge in [-0.3, -0.25) is 4.90 Å². The highest BCUT2D eigenvalue weighted by Crippen LogP contribution is 2.23. The van der Waals surface area contributed by atoms with Gasteiger partial charge in [-0.1, -0.05) is 36.4 Å². The lowest BCUT2D eigenvalue weighted by atomic mass is 10.1. The maximum absolute atomic E-state index is 9.13. The van der Waals surface area contributed by atoms with Gasteiger partial charge in [0.25, 0.3) is 0 Å². The minimum Gasteiger partial charge on any atom is -0.496 e. The van der Waals surface area contributed by atoms with E-state index in [2.05, 4.69) is 40.6 Å². The van der Waals surface area contributed by atoms with Crippen molar-refractivity contribution in [2.24, 2.45) is 0 Å². The number of hydrogen-bond acceptors (Lipinski definition) is 4. The molecule has 0 saturated heterocycles. The van der Waals surface area contributed by atoms with Crippen molar-refractivity contribution < 1.29 is 4.74 Å². The summed E-state index contributed by atoms with van der Waals surface area (Å²) in [6.07, 6.45) is 0. The van der Waals surface area contributed by atoms with Crippen LogP contribution in [-0.2, 0) is 19.6 Å². The second-order valence-corrected chi connectivity index (χ2v) is 6.88. The monoisotopic (exact) mass is 348 g/mol. The van der Waals surface area contributed by atoms with Crippen LogP contribution in [-0.4, -0.2) is 12.0 Å². The number of nitrogens with zero attached hydrogens (tertiary/aromatic N) is 2. The number of rotatable bonds is 7. The number of para-hydroxylation sites is 1. The fraction of sp³-hybridized carbons (Fsp3) is 0.190. The zero-order valence-corrected chi connectivity index (χ0v) is 15.0. The van der Waals surface area contributed by atoms with E-state index in [1.165, 1.54) is 4.88 Å². The first-order valence-electron chi connectivity index (χ1n) is 8.14. The third-order valence-electron chi connectivity index (χ3n) is 4.01. The van der Waals surface area contributed by atoms with Crippen LogP contribution in [0.1, 0.15) is 21.6 Å². The number of ether oxygens (including phenoxy) is 1. The summed E-state index contributed by atoms with van der Waals surface area (Å²) < 4.78 is 5.50. The van der Waals surface area contributed by atoms with Crippen LogP contribution < -0.4 is 4.74 Å². The molecule has 2 aromatic carbocycles. The normalized spacial score (nSPS) is 10.6. The summed E-state index contributed by atoms with van der Waals surface area (Å²) in [5, 5.41) is 11.2. The molecule has 3 aromatic rings. The standard InChI is InChI=1S/C21H20N2OS/c1-24-21-10-3-2-8-19(21)15-23(16-20-9-5-11-25-20)14-18-7-4-6-17(12-18)13-22/h2-12H,14-16H2,1H3. The summed E-state index contributed by atoms with van der Waals surface area (Å²) in [6.45, 7) is 2.44. The van der Waals surface area contributed by atoms with E-state index >= 15 is 0 Å². The van der Waals surface area contributed by atoms with Gasteiger partial charge >= 0.3 is 0 Å². The van der Waals surface area contributed by atoms with Crippen molar-refractivity contribution >= 4 is 11.3 Å². The van der Waals surface area contributed by atoms with Crippen LogP contribution in [0.5, 0.6) is 5.75 Å². The van der Waals surface area contributed by atoms with Gasteiger partial charge in [-0.25, -0.2) is 0 Å². The van der Waals surface area contributed by atoms with Crippen LogP contribution in [0.25, 0.3) is 0 Å². The van der Waals surface area contributed by atoms with Crippen LogP contribution in [0, 0.1) is 11.3 Å². The van der Waals surface area contributed by atoms with Crippen molar-refractivity contribution in [2.45, 2.75) is 19.6 Å². The fourth-order valence-electron chi connectivity index (χ4n) is 2.86. The maximum Gasteiger partial charge on any atom is 0.123 e. The summed E-state index contributed by atoms with van der Waals surface area (Å²) in [5.74, 6) is 0.907. The number of benzene rings is 2. The molecule has 0 fully saturated rings. The predicted molar refractivity (Wildman–Crippen MR) is 101 cm³/mol. The average Bonchev–Trinajstić information content (AvgIpc) is 3.15. The first-order chi connectivity index (χ1) is 12.3. The Kier molecular flexibility index (Phi) is 5.84. The van der Waals surface area contributed by atoms with Crippen LogP contribution in [0.2, 0.25) is 0 Å². The Labute approximate surface area is 152 Å². The lowest BCUT2D eigenvalue weighted by Gasteiger charge is -2.23. The van der Waals surface area contributed by atoms with E-state index in [-0.39, 0.29) is 0 Å². The average molecular weight is 348 g/mol. The van der Waals surface area contributed by atoms with Crippen LogP contribution >= 0.6 is 11.3 Å². The second-order valence-electron chi connectivity index (χ2n) is 5.85. The fourth-order valence-corrected chi connectivity index (χ4v) is 3.61. The van der Waals surface area contributed by atoms with Gasteiger partial charge in [-0.2, -0.15) is 5.26 Å². The Bertz CT molecular complexity index is 852. The van der Waals surface area contributed by atoms with E-state index in [1.807, 2.05) is 36.4 Å². The van der Waals surface area contributed by atoms with Gasteiger partial charge in [-0.15, -0.1) is 11.3 Å². The quantitative estimate of drug-likeness (QED) is 0.613. The summed E-state index contributed by atoms with van der Waals surface area (Å²) in [5.41, 5.74) is 3.01. The number of nitriles is 1. The topological polar surface area (TPSA) is 36.3 Å². The number of thiophene rings is 1. The lowest BCUT2D eigenvalue weighted by Crippen LogP contribution is -2.22. The van der Waals surface area contributed by atoms with Crippen LogP contribution in [0.3, 0.4) is 0 Å². The second kappa shape index (κ2) is 8.48. The molecule has 0 radical (unpaired) electrons. The van der Waals surface area contributed by atoms with E-state index in [0.717, 1.165) is 36.5 Å². The van der Waals surface area contributed by atoms with E-state index in [4.69, 9.17) is 10.00 Å². The summed E-state index contributed by atoms with van der Waals surface area (Å²) >= 11 is 1.76. The SMILES string of the molecule is COc1ccccc1CN(Cc1cccc(C#N)c1)Cc1cccs1. The third-order valence-corrected chi connectivity index (χ3v) is 4.87. The molecule has 0 aliphatic carbocycles. The number of methoxy groups -OCH3 is 1. The largest absolute Gasteiger partial charge is 0.496 e. The Morgan fingerprint density at radius 2 is 1.88 bits per heavy atom. The molecule has 0 spiro atoms. The molecule has 3 rings (SSSR count). The molecule has 0 unspecified atom stereocenters. The zero-order chi connectivity index (χ0) is 17.5. The Balaban J connectivity index is 1.83. The van der Waals surface area contributed by atoms with Crippen molar-refractivity contribution in [3.8, 4) is 11.8 Å². The molecule has 0 bridgehead atoms. The molecular weight excluding hydrogens is 328 g/mol. The molecule has 1 heterocycles. The van der Waals surface area contributed by atoms with Crippen LogP contribution in [0.4, 0.5) is 0 Å². The molecule has 0 aliphatic rings. The Hall–Kier alpha value is -2.61. The first-order valence-corrected chi connectivity index (χ1v) is 9.02. The number of hydrogen-bond donors (Lipinski definition) is 0. The van der Waals surface area contributed by atoms with Crippen LogP contribution in [0.15, 0.2) is 66.0 Å². The molecule has 25 heavy (non-hydrogen) atoms. The molecule has 1 aromatic heterocycles. The first kappa shape index (κ1) is 17.2. The summed E-state index contributed by atoms with van der Waals surface area (Å²) in [4.78, 5) is 3.70. The van der Waals surface area contributed by atoms with Gasteiger partial charge < -0.3 is 4.74 Å². The van der Waals surface area contributed by atoms with Gasteiger partial charge in [0.05, 0.1) is 18.7 Å². The van der Waals surface area contributed by atoms with Gasteiger partial charge in [0.2, 0.25) is 0 Å². The van der Waals surface area contributed by atoms with Crippen molar-refractivity contribution in [2.75, 3.05) is 7.11 Å². The molecule has 0 atom stereocenters. The van der Waals surface area contributed by atoms with E-state index in [1.54, 1.807) is 18.4 Å². The molecule has 0 saturated carbocycles. The van der Waals surface area contributed by atoms with Gasteiger partial charge in [0.15, 0.2) is 0 Å². The Morgan fingerprint density at radius 1 is 1.00 bits per heavy atom. The summed E-state index contributed by atoms with van der Waals surface area (Å²) in [6, 6.07) is 22.4. The summed E-state index contributed by atoms with van der Waals surface area (Å²) in [7, 11) is 1.71. The zero-order valence-electron chi connectivity index (χ0n) is 14.2. The van der Waals surface area contributed by atoms with Gasteiger partial charge in [0.1, 0.15) is 5.75 Å². The molecule has 0 N–H and O–H groups in total. The van der Waals surface area contributed by atoms with E-state index in [0.29, 0.717) is 5.56 Å². The third kappa shape index (κ3) is 4.69. The molecule has 0 aliphatic heterocycles. The van der Waals surface area contributed by atoms with Gasteiger partial charge in [-0.05, 0) is 35.2 Å². The molecular formula is C21H20N2OS. The van der Waals surface area contributed by atoms with Crippen molar-refractivity contribution in [1.29, 1.82) is 5.26 Å². The minimum atomic E-state index is 0.700. The van der Waals surface area contributed by atoms with E-state index in [9.17, 15) is 0 Å². The van der Waals surface area contributed by atoms with Gasteiger partial charge in [0, 0.05) is 30.1 Å². The highest BCUT2D eigenvalue weighted by Gasteiger charge is 2.12. The maximum atomic E-state index is 9.13. The van der Waals surface area contributed by atoms with E-state index < -0.39 is 0 Å². The lowest BCUT2D eigenvalue weighted by molar-refractivity contribution is 0.246. The Morgan fingerprint density at radius 3 is 2.64 bits per heavy atom. The van der Waals surface area contributed by atoms with Crippen molar-refractivity contribution in [1.82, 2.24) is 4.90 Å².